The predicted molar refractivity (Wildman–Crippen MR) is 129 cm³/mol. The van der Waals surface area contributed by atoms with E-state index < -0.39 is 17.8 Å². The zero-order chi connectivity index (χ0) is 25.7. The fraction of sp³-hybridized carbons (Fsp3) is 0.407. The molecule has 1 N–H and O–H groups in total. The minimum Gasteiger partial charge on any atom is -0.497 e. The Hall–Kier alpha value is -3.33. The molecule has 0 radical (unpaired) electrons. The van der Waals surface area contributed by atoms with Crippen molar-refractivity contribution in [2.45, 2.75) is 38.4 Å². The van der Waals surface area contributed by atoms with Gasteiger partial charge >= 0.3 is 12.1 Å². The van der Waals surface area contributed by atoms with Crippen LogP contribution in [0.25, 0.3) is 22.4 Å². The summed E-state index contributed by atoms with van der Waals surface area (Å²) in [6.45, 7) is 0.426. The number of hydrogen-bond acceptors (Lipinski definition) is 4. The largest absolute Gasteiger partial charge is 0.497 e. The molecule has 0 unspecified atom stereocenters. The minimum absolute atomic E-state index is 0.0448. The van der Waals surface area contributed by atoms with Crippen LogP contribution in [-0.2, 0) is 22.3 Å². The zero-order valence-corrected chi connectivity index (χ0v) is 20.0. The highest BCUT2D eigenvalue weighted by Gasteiger charge is 2.40. The third-order valence-electron chi connectivity index (χ3n) is 6.60. The summed E-state index contributed by atoms with van der Waals surface area (Å²) in [5, 5.41) is 12.9. The van der Waals surface area contributed by atoms with Crippen molar-refractivity contribution < 1.29 is 32.5 Å². The summed E-state index contributed by atoms with van der Waals surface area (Å²) >= 11 is 0. The molecule has 36 heavy (non-hydrogen) atoms. The van der Waals surface area contributed by atoms with E-state index in [2.05, 4.69) is 5.10 Å². The monoisotopic (exact) mass is 502 g/mol. The Labute approximate surface area is 207 Å². The van der Waals surface area contributed by atoms with E-state index in [0.29, 0.717) is 35.7 Å². The molecule has 1 heterocycles. The number of methoxy groups -OCH3 is 1. The molecule has 0 atom stereocenters. The van der Waals surface area contributed by atoms with Crippen LogP contribution in [0.5, 0.6) is 5.75 Å². The molecule has 9 heteroatoms. The van der Waals surface area contributed by atoms with Crippen molar-refractivity contribution in [3.63, 3.8) is 0 Å². The maximum atomic E-state index is 14.3. The van der Waals surface area contributed by atoms with Gasteiger partial charge in [0, 0.05) is 17.7 Å². The summed E-state index contributed by atoms with van der Waals surface area (Å²) in [4.78, 5) is 10.7. The van der Waals surface area contributed by atoms with E-state index in [-0.39, 0.29) is 24.0 Å². The second kappa shape index (κ2) is 11.2. The standard InChI is InChI=1S/C27H29F3N2O4/c1-35-22-9-5-8-21(14-22)24-25(20-6-3-2-4-7-20)32(31-26(24)27(28,29)30)15-18-10-12-19(13-11-18)16-36-17-23(33)34/h2-9,14,18-19H,10-13,15-17H2,1H3,(H,33,34). The van der Waals surface area contributed by atoms with Gasteiger partial charge < -0.3 is 14.6 Å². The summed E-state index contributed by atoms with van der Waals surface area (Å²) in [5.74, 6) is -0.119. The van der Waals surface area contributed by atoms with Crippen molar-refractivity contribution in [2.24, 2.45) is 11.8 Å². The van der Waals surface area contributed by atoms with Crippen LogP contribution in [0, 0.1) is 11.8 Å². The smallest absolute Gasteiger partial charge is 0.435 e. The molecule has 0 saturated heterocycles. The van der Waals surface area contributed by atoms with Gasteiger partial charge in [-0.3, -0.25) is 4.68 Å². The number of aliphatic carboxylic acids is 1. The van der Waals surface area contributed by atoms with Crippen molar-refractivity contribution in [1.82, 2.24) is 9.78 Å². The molecule has 0 bridgehead atoms. The van der Waals surface area contributed by atoms with Crippen molar-refractivity contribution in [3.05, 3.63) is 60.3 Å². The second-order valence-electron chi connectivity index (χ2n) is 9.15. The summed E-state index contributed by atoms with van der Waals surface area (Å²) in [5.41, 5.74) is 0.622. The van der Waals surface area contributed by atoms with Gasteiger partial charge in [-0.2, -0.15) is 18.3 Å². The lowest BCUT2D eigenvalue weighted by Crippen LogP contribution is -2.23. The number of ether oxygens (including phenoxy) is 2. The predicted octanol–water partition coefficient (Wildman–Crippen LogP) is 6.15. The molecule has 0 aliphatic heterocycles. The van der Waals surface area contributed by atoms with Crippen LogP contribution in [0.3, 0.4) is 0 Å². The van der Waals surface area contributed by atoms with Crippen molar-refractivity contribution in [1.29, 1.82) is 0 Å². The SMILES string of the molecule is COc1cccc(-c2c(C(F)(F)F)nn(CC3CCC(COCC(=O)O)CC3)c2-c2ccccc2)c1. The van der Waals surface area contributed by atoms with Gasteiger partial charge in [0.1, 0.15) is 12.4 Å². The van der Waals surface area contributed by atoms with Crippen LogP contribution < -0.4 is 4.74 Å². The Morgan fingerprint density at radius 1 is 1.03 bits per heavy atom. The number of carbonyl (C=O) groups is 1. The average Bonchev–Trinajstić information content (AvgIpc) is 3.25. The van der Waals surface area contributed by atoms with Gasteiger partial charge in [-0.15, -0.1) is 0 Å². The molecule has 192 valence electrons. The lowest BCUT2D eigenvalue weighted by molar-refractivity contribution is -0.143. The topological polar surface area (TPSA) is 73.6 Å². The van der Waals surface area contributed by atoms with Crippen LogP contribution in [0.2, 0.25) is 0 Å². The molecule has 0 spiro atoms. The van der Waals surface area contributed by atoms with Crippen molar-refractivity contribution >= 4 is 5.97 Å². The average molecular weight is 503 g/mol. The van der Waals surface area contributed by atoms with Gasteiger partial charge in [0.15, 0.2) is 5.69 Å². The third-order valence-corrected chi connectivity index (χ3v) is 6.60. The first-order chi connectivity index (χ1) is 17.3. The van der Waals surface area contributed by atoms with E-state index in [4.69, 9.17) is 14.6 Å². The molecular formula is C27H29F3N2O4. The summed E-state index contributed by atoms with van der Waals surface area (Å²) in [6.07, 6.45) is -1.34. The number of carboxylic acids is 1. The molecule has 2 aromatic carbocycles. The first kappa shape index (κ1) is 25.8. The summed E-state index contributed by atoms with van der Waals surface area (Å²) < 4.78 is 54.8. The van der Waals surface area contributed by atoms with Gasteiger partial charge in [-0.1, -0.05) is 42.5 Å². The number of halogens is 3. The fourth-order valence-corrected chi connectivity index (χ4v) is 4.87. The summed E-state index contributed by atoms with van der Waals surface area (Å²) in [6, 6.07) is 15.7. The molecular weight excluding hydrogens is 473 g/mol. The molecule has 1 fully saturated rings. The highest BCUT2D eigenvalue weighted by Crippen LogP contribution is 2.44. The number of aromatic nitrogens is 2. The van der Waals surface area contributed by atoms with Gasteiger partial charge in [0.05, 0.1) is 19.4 Å². The van der Waals surface area contributed by atoms with Crippen molar-refractivity contribution in [2.75, 3.05) is 20.3 Å². The Balaban J connectivity index is 1.67. The van der Waals surface area contributed by atoms with E-state index in [9.17, 15) is 18.0 Å². The number of hydrogen-bond donors (Lipinski definition) is 1. The summed E-state index contributed by atoms with van der Waals surface area (Å²) in [7, 11) is 1.48. The lowest BCUT2D eigenvalue weighted by Gasteiger charge is -2.28. The van der Waals surface area contributed by atoms with E-state index in [1.54, 1.807) is 48.5 Å². The minimum atomic E-state index is -4.63. The Kier molecular flexibility index (Phi) is 7.98. The number of rotatable bonds is 9. The fourth-order valence-electron chi connectivity index (χ4n) is 4.87. The van der Waals surface area contributed by atoms with Gasteiger partial charge in [-0.25, -0.2) is 4.79 Å². The van der Waals surface area contributed by atoms with Crippen LogP contribution in [0.4, 0.5) is 13.2 Å². The number of carboxylic acid groups (broad SMARTS) is 1. The Morgan fingerprint density at radius 2 is 1.69 bits per heavy atom. The lowest BCUT2D eigenvalue weighted by atomic mass is 9.82. The molecule has 3 aromatic rings. The highest BCUT2D eigenvalue weighted by molar-refractivity contribution is 5.84. The number of nitrogens with zero attached hydrogens (tertiary/aromatic N) is 2. The molecule has 1 aliphatic carbocycles. The van der Waals surface area contributed by atoms with Crippen molar-refractivity contribution in [3.8, 4) is 28.1 Å². The van der Waals surface area contributed by atoms with E-state index in [0.717, 1.165) is 25.7 Å². The van der Waals surface area contributed by atoms with E-state index in [1.807, 2.05) is 6.07 Å². The van der Waals surface area contributed by atoms with E-state index >= 15 is 0 Å². The zero-order valence-electron chi connectivity index (χ0n) is 20.0. The van der Waals surface area contributed by atoms with Crippen LogP contribution in [0.15, 0.2) is 54.6 Å². The molecule has 0 amide bonds. The van der Waals surface area contributed by atoms with Gasteiger partial charge in [-0.05, 0) is 55.2 Å². The second-order valence-corrected chi connectivity index (χ2v) is 9.15. The number of benzene rings is 2. The molecule has 4 rings (SSSR count). The first-order valence-electron chi connectivity index (χ1n) is 11.9. The maximum absolute atomic E-state index is 14.3. The van der Waals surface area contributed by atoms with E-state index in [1.165, 1.54) is 11.8 Å². The Morgan fingerprint density at radius 3 is 2.33 bits per heavy atom. The molecule has 1 aromatic heterocycles. The maximum Gasteiger partial charge on any atom is 0.435 e. The first-order valence-corrected chi connectivity index (χ1v) is 11.9. The van der Waals surface area contributed by atoms with Crippen LogP contribution >= 0.6 is 0 Å². The molecule has 1 saturated carbocycles. The van der Waals surface area contributed by atoms with Crippen LogP contribution in [0.1, 0.15) is 31.4 Å². The van der Waals surface area contributed by atoms with Gasteiger partial charge in [0.2, 0.25) is 0 Å². The molecule has 1 aliphatic rings. The normalized spacial score (nSPS) is 18.2. The van der Waals surface area contributed by atoms with Crippen LogP contribution in [-0.4, -0.2) is 41.2 Å². The third kappa shape index (κ3) is 6.07. The Bertz CT molecular complexity index is 1170. The highest BCUT2D eigenvalue weighted by atomic mass is 19.4. The molecule has 6 nitrogen and oxygen atoms in total. The number of alkyl halides is 3. The quantitative estimate of drug-likeness (QED) is 0.380. The van der Waals surface area contributed by atoms with Gasteiger partial charge in [0.25, 0.3) is 0 Å².